The van der Waals surface area contributed by atoms with E-state index in [-0.39, 0.29) is 5.97 Å². The van der Waals surface area contributed by atoms with Crippen LogP contribution < -0.4 is 5.73 Å². The Bertz CT molecular complexity index is 608. The molecule has 0 radical (unpaired) electrons. The molecule has 3 heteroatoms. The SMILES string of the molecule is COC(=O)CCc1ccccc1CCc1cccc(N)c1. The van der Waals surface area contributed by atoms with Crippen LogP contribution in [0.5, 0.6) is 0 Å². The third-order valence-corrected chi connectivity index (χ3v) is 3.58. The summed E-state index contributed by atoms with van der Waals surface area (Å²) in [6.45, 7) is 0. The molecule has 2 N–H and O–H groups in total. The number of hydrogen-bond donors (Lipinski definition) is 1. The molecule has 21 heavy (non-hydrogen) atoms. The number of nitrogen functional groups attached to an aromatic ring is 1. The minimum absolute atomic E-state index is 0.166. The Balaban J connectivity index is 2.01. The molecular formula is C18H21NO2. The van der Waals surface area contributed by atoms with Gasteiger partial charge in [-0.05, 0) is 48.1 Å². The van der Waals surface area contributed by atoms with Gasteiger partial charge in [0.2, 0.25) is 0 Å². The van der Waals surface area contributed by atoms with E-state index in [1.54, 1.807) is 0 Å². The van der Waals surface area contributed by atoms with Gasteiger partial charge in [0, 0.05) is 12.1 Å². The lowest BCUT2D eigenvalue weighted by molar-refractivity contribution is -0.140. The molecule has 0 aromatic heterocycles. The Morgan fingerprint density at radius 3 is 2.38 bits per heavy atom. The van der Waals surface area contributed by atoms with E-state index in [1.165, 1.54) is 23.8 Å². The average molecular weight is 283 g/mol. The second-order valence-corrected chi connectivity index (χ2v) is 5.09. The van der Waals surface area contributed by atoms with Crippen LogP contribution >= 0.6 is 0 Å². The van der Waals surface area contributed by atoms with E-state index >= 15 is 0 Å². The van der Waals surface area contributed by atoms with Gasteiger partial charge in [-0.15, -0.1) is 0 Å². The molecule has 0 saturated heterocycles. The second-order valence-electron chi connectivity index (χ2n) is 5.09. The van der Waals surface area contributed by atoms with Crippen molar-refractivity contribution in [3.8, 4) is 0 Å². The number of ether oxygens (including phenoxy) is 1. The summed E-state index contributed by atoms with van der Waals surface area (Å²) in [6.07, 6.45) is 3.03. The lowest BCUT2D eigenvalue weighted by Gasteiger charge is -2.09. The molecule has 2 aromatic rings. The number of methoxy groups -OCH3 is 1. The monoisotopic (exact) mass is 283 g/mol. The minimum Gasteiger partial charge on any atom is -0.469 e. The van der Waals surface area contributed by atoms with Crippen LogP contribution in [0.3, 0.4) is 0 Å². The van der Waals surface area contributed by atoms with Gasteiger partial charge in [-0.3, -0.25) is 4.79 Å². The predicted molar refractivity (Wildman–Crippen MR) is 85.0 cm³/mol. The maximum Gasteiger partial charge on any atom is 0.305 e. The maximum absolute atomic E-state index is 11.3. The maximum atomic E-state index is 11.3. The zero-order chi connectivity index (χ0) is 15.1. The summed E-state index contributed by atoms with van der Waals surface area (Å²) in [6, 6.07) is 16.2. The van der Waals surface area contributed by atoms with Gasteiger partial charge < -0.3 is 10.5 Å². The van der Waals surface area contributed by atoms with Crippen LogP contribution in [-0.2, 0) is 28.8 Å². The van der Waals surface area contributed by atoms with E-state index in [2.05, 4.69) is 18.2 Å². The molecule has 0 saturated carbocycles. The van der Waals surface area contributed by atoms with Gasteiger partial charge in [-0.2, -0.15) is 0 Å². The molecule has 0 fully saturated rings. The van der Waals surface area contributed by atoms with Crippen LogP contribution in [0.2, 0.25) is 0 Å². The van der Waals surface area contributed by atoms with Crippen molar-refractivity contribution in [3.05, 3.63) is 65.2 Å². The van der Waals surface area contributed by atoms with E-state index in [0.29, 0.717) is 6.42 Å². The molecule has 0 aliphatic carbocycles. The summed E-state index contributed by atoms with van der Waals surface area (Å²) < 4.78 is 4.70. The lowest BCUT2D eigenvalue weighted by atomic mass is 9.97. The number of benzene rings is 2. The number of esters is 1. The highest BCUT2D eigenvalue weighted by atomic mass is 16.5. The number of nitrogens with two attached hydrogens (primary N) is 1. The lowest BCUT2D eigenvalue weighted by Crippen LogP contribution is -2.04. The first-order valence-corrected chi connectivity index (χ1v) is 7.17. The number of rotatable bonds is 6. The van der Waals surface area contributed by atoms with E-state index in [4.69, 9.17) is 10.5 Å². The van der Waals surface area contributed by atoms with Crippen LogP contribution in [0.4, 0.5) is 5.69 Å². The van der Waals surface area contributed by atoms with Crippen LogP contribution in [0, 0.1) is 0 Å². The van der Waals surface area contributed by atoms with Gasteiger partial charge in [-0.1, -0.05) is 36.4 Å². The number of anilines is 1. The number of carbonyl (C=O) groups is 1. The van der Waals surface area contributed by atoms with Crippen molar-refractivity contribution >= 4 is 11.7 Å². The Hall–Kier alpha value is -2.29. The molecule has 0 amide bonds. The smallest absolute Gasteiger partial charge is 0.305 e. The van der Waals surface area contributed by atoms with E-state index < -0.39 is 0 Å². The van der Waals surface area contributed by atoms with Gasteiger partial charge in [0.25, 0.3) is 0 Å². The summed E-state index contributed by atoms with van der Waals surface area (Å²) in [5, 5.41) is 0. The van der Waals surface area contributed by atoms with Gasteiger partial charge in [0.05, 0.1) is 7.11 Å². The van der Waals surface area contributed by atoms with Crippen molar-refractivity contribution in [1.29, 1.82) is 0 Å². The van der Waals surface area contributed by atoms with Crippen molar-refractivity contribution in [1.82, 2.24) is 0 Å². The van der Waals surface area contributed by atoms with Crippen molar-refractivity contribution in [2.45, 2.75) is 25.7 Å². The zero-order valence-corrected chi connectivity index (χ0v) is 12.3. The van der Waals surface area contributed by atoms with E-state index in [0.717, 1.165) is 24.9 Å². The summed E-state index contributed by atoms with van der Waals surface area (Å²) in [4.78, 5) is 11.3. The highest BCUT2D eigenvalue weighted by Gasteiger charge is 2.06. The van der Waals surface area contributed by atoms with Crippen molar-refractivity contribution < 1.29 is 9.53 Å². The third kappa shape index (κ3) is 4.63. The fourth-order valence-corrected chi connectivity index (χ4v) is 2.41. The number of hydrogen-bond acceptors (Lipinski definition) is 3. The van der Waals surface area contributed by atoms with Crippen molar-refractivity contribution in [2.75, 3.05) is 12.8 Å². The fourth-order valence-electron chi connectivity index (χ4n) is 2.41. The first-order valence-electron chi connectivity index (χ1n) is 7.17. The third-order valence-electron chi connectivity index (χ3n) is 3.58. The van der Waals surface area contributed by atoms with Crippen LogP contribution in [0.1, 0.15) is 23.1 Å². The molecule has 0 aliphatic rings. The van der Waals surface area contributed by atoms with Gasteiger partial charge >= 0.3 is 5.97 Å². The van der Waals surface area contributed by atoms with E-state index in [1.807, 2.05) is 30.3 Å². The molecular weight excluding hydrogens is 262 g/mol. The van der Waals surface area contributed by atoms with E-state index in [9.17, 15) is 4.79 Å². The largest absolute Gasteiger partial charge is 0.469 e. The summed E-state index contributed by atoms with van der Waals surface area (Å²) in [7, 11) is 1.42. The van der Waals surface area contributed by atoms with Gasteiger partial charge in [-0.25, -0.2) is 0 Å². The molecule has 0 unspecified atom stereocenters. The second kappa shape index (κ2) is 7.48. The molecule has 2 rings (SSSR count). The first-order chi connectivity index (χ1) is 10.2. The first kappa shape index (κ1) is 15.1. The number of aryl methyl sites for hydroxylation is 3. The summed E-state index contributed by atoms with van der Waals surface area (Å²) >= 11 is 0. The summed E-state index contributed by atoms with van der Waals surface area (Å²) in [5.74, 6) is -0.166. The van der Waals surface area contributed by atoms with Crippen LogP contribution in [0.15, 0.2) is 48.5 Å². The topological polar surface area (TPSA) is 52.3 Å². The molecule has 0 heterocycles. The van der Waals surface area contributed by atoms with Crippen molar-refractivity contribution in [2.24, 2.45) is 0 Å². The van der Waals surface area contributed by atoms with Gasteiger partial charge in [0.1, 0.15) is 0 Å². The quantitative estimate of drug-likeness (QED) is 0.654. The Labute approximate surface area is 125 Å². The molecule has 0 bridgehead atoms. The normalized spacial score (nSPS) is 10.3. The standard InChI is InChI=1S/C18H21NO2/c1-21-18(20)12-11-16-7-3-2-6-15(16)10-9-14-5-4-8-17(19)13-14/h2-8,13H,9-12,19H2,1H3. The number of carbonyl (C=O) groups excluding carboxylic acids is 1. The fraction of sp³-hybridized carbons (Fsp3) is 0.278. The molecule has 0 atom stereocenters. The van der Waals surface area contributed by atoms with Gasteiger partial charge in [0.15, 0.2) is 0 Å². The highest BCUT2D eigenvalue weighted by Crippen LogP contribution is 2.16. The highest BCUT2D eigenvalue weighted by molar-refractivity contribution is 5.69. The Kier molecular flexibility index (Phi) is 5.38. The Morgan fingerprint density at radius 1 is 1.00 bits per heavy atom. The minimum atomic E-state index is -0.166. The van der Waals surface area contributed by atoms with Crippen molar-refractivity contribution in [3.63, 3.8) is 0 Å². The Morgan fingerprint density at radius 2 is 1.71 bits per heavy atom. The average Bonchev–Trinajstić information content (AvgIpc) is 2.51. The van der Waals surface area contributed by atoms with Crippen LogP contribution in [-0.4, -0.2) is 13.1 Å². The van der Waals surface area contributed by atoms with Crippen LogP contribution in [0.25, 0.3) is 0 Å². The molecule has 110 valence electrons. The molecule has 2 aromatic carbocycles. The predicted octanol–water partition coefficient (Wildman–Crippen LogP) is 3.16. The zero-order valence-electron chi connectivity index (χ0n) is 12.3. The summed E-state index contributed by atoms with van der Waals surface area (Å²) in [5.41, 5.74) is 10.3. The molecule has 0 spiro atoms. The molecule has 0 aliphatic heterocycles. The molecule has 3 nitrogen and oxygen atoms in total.